The lowest BCUT2D eigenvalue weighted by Gasteiger charge is -2.04. The van der Waals surface area contributed by atoms with Crippen molar-refractivity contribution in [1.82, 2.24) is 10.3 Å². The van der Waals surface area contributed by atoms with E-state index < -0.39 is 0 Å². The Morgan fingerprint density at radius 2 is 1.89 bits per heavy atom. The lowest BCUT2D eigenvalue weighted by atomic mass is 10.0. The summed E-state index contributed by atoms with van der Waals surface area (Å²) >= 11 is 0. The second-order valence-corrected chi connectivity index (χ2v) is 4.60. The van der Waals surface area contributed by atoms with Crippen molar-refractivity contribution in [3.05, 3.63) is 64.5 Å². The van der Waals surface area contributed by atoms with E-state index in [1.807, 2.05) is 37.3 Å². The van der Waals surface area contributed by atoms with Gasteiger partial charge in [0.1, 0.15) is 0 Å². The molecule has 1 aliphatic rings. The molecule has 1 aliphatic heterocycles. The molecule has 0 radical (unpaired) electrons. The molecule has 2 heterocycles. The van der Waals surface area contributed by atoms with Crippen molar-refractivity contribution in [3.63, 3.8) is 0 Å². The van der Waals surface area contributed by atoms with E-state index in [9.17, 15) is 4.79 Å². The lowest BCUT2D eigenvalue weighted by Crippen LogP contribution is -2.03. The Bertz CT molecular complexity index is 602. The quantitative estimate of drug-likeness (QED) is 0.816. The molecule has 0 fully saturated rings. The summed E-state index contributed by atoms with van der Waals surface area (Å²) in [5.74, 6) is 0.0391. The van der Waals surface area contributed by atoms with Crippen LogP contribution in [0.4, 0.5) is 0 Å². The fourth-order valence-corrected chi connectivity index (χ4v) is 2.20. The number of rotatable bonds is 2. The van der Waals surface area contributed by atoms with Crippen LogP contribution >= 0.6 is 0 Å². The first-order valence-corrected chi connectivity index (χ1v) is 6.04. The smallest absolute Gasteiger partial charge is 0.194 e. The van der Waals surface area contributed by atoms with Gasteiger partial charge in [0.15, 0.2) is 5.78 Å². The molecular weight excluding hydrogens is 224 g/mol. The third kappa shape index (κ3) is 1.93. The summed E-state index contributed by atoms with van der Waals surface area (Å²) in [6.07, 6.45) is 1.64. The number of aromatic nitrogens is 1. The number of hydrogen-bond donors (Lipinski definition) is 1. The van der Waals surface area contributed by atoms with Gasteiger partial charge in [0.05, 0.1) is 0 Å². The van der Waals surface area contributed by atoms with Crippen molar-refractivity contribution >= 4 is 5.78 Å². The Labute approximate surface area is 106 Å². The molecule has 0 aliphatic carbocycles. The standard InChI is InChI=1S/C15H14N2O/c1-10-2-3-13(9-17-10)15(18)11-4-5-12-7-16-8-14(12)6-11/h2-6,9,16H,7-8H2,1H3. The lowest BCUT2D eigenvalue weighted by molar-refractivity contribution is 0.103. The summed E-state index contributed by atoms with van der Waals surface area (Å²) in [5.41, 5.74) is 4.81. The highest BCUT2D eigenvalue weighted by Gasteiger charge is 2.14. The van der Waals surface area contributed by atoms with Crippen LogP contribution in [-0.4, -0.2) is 10.8 Å². The van der Waals surface area contributed by atoms with E-state index in [0.29, 0.717) is 5.56 Å². The van der Waals surface area contributed by atoms with E-state index in [-0.39, 0.29) is 5.78 Å². The minimum absolute atomic E-state index is 0.0391. The maximum atomic E-state index is 12.3. The summed E-state index contributed by atoms with van der Waals surface area (Å²) in [7, 11) is 0. The van der Waals surface area contributed by atoms with Crippen LogP contribution in [0.5, 0.6) is 0 Å². The molecule has 2 aromatic rings. The average Bonchev–Trinajstić information content (AvgIpc) is 2.86. The Kier molecular flexibility index (Phi) is 2.68. The highest BCUT2D eigenvalue weighted by molar-refractivity contribution is 6.08. The molecule has 0 unspecified atom stereocenters. The molecule has 1 N–H and O–H groups in total. The number of carbonyl (C=O) groups is 1. The Balaban J connectivity index is 1.95. The summed E-state index contributed by atoms with van der Waals surface area (Å²) in [5, 5.41) is 3.28. The monoisotopic (exact) mass is 238 g/mol. The number of nitrogens with zero attached hydrogens (tertiary/aromatic N) is 1. The van der Waals surface area contributed by atoms with Crippen molar-refractivity contribution in [3.8, 4) is 0 Å². The molecule has 0 spiro atoms. The number of aryl methyl sites for hydroxylation is 1. The third-order valence-electron chi connectivity index (χ3n) is 3.27. The summed E-state index contributed by atoms with van der Waals surface area (Å²) < 4.78 is 0. The number of ketones is 1. The predicted molar refractivity (Wildman–Crippen MR) is 69.4 cm³/mol. The van der Waals surface area contributed by atoms with Crippen LogP contribution < -0.4 is 5.32 Å². The van der Waals surface area contributed by atoms with Gasteiger partial charge in [-0.25, -0.2) is 0 Å². The molecule has 0 amide bonds. The Morgan fingerprint density at radius 1 is 1.11 bits per heavy atom. The fourth-order valence-electron chi connectivity index (χ4n) is 2.20. The molecular formula is C15H14N2O. The number of fused-ring (bicyclic) bond motifs is 1. The van der Waals surface area contributed by atoms with Gasteiger partial charge in [-0.2, -0.15) is 0 Å². The molecule has 3 heteroatoms. The number of nitrogens with one attached hydrogen (secondary N) is 1. The van der Waals surface area contributed by atoms with Gasteiger partial charge in [-0.3, -0.25) is 9.78 Å². The molecule has 1 aromatic heterocycles. The zero-order chi connectivity index (χ0) is 12.5. The third-order valence-corrected chi connectivity index (χ3v) is 3.27. The van der Waals surface area contributed by atoms with E-state index in [0.717, 1.165) is 24.3 Å². The van der Waals surface area contributed by atoms with Gasteiger partial charge in [-0.1, -0.05) is 12.1 Å². The maximum Gasteiger partial charge on any atom is 0.194 e. The topological polar surface area (TPSA) is 42.0 Å². The van der Waals surface area contributed by atoms with Crippen LogP contribution in [0.25, 0.3) is 0 Å². The summed E-state index contributed by atoms with van der Waals surface area (Å²) in [6.45, 7) is 3.66. The summed E-state index contributed by atoms with van der Waals surface area (Å²) in [6, 6.07) is 9.61. The molecule has 0 saturated heterocycles. The van der Waals surface area contributed by atoms with Crippen LogP contribution in [-0.2, 0) is 13.1 Å². The van der Waals surface area contributed by atoms with Gasteiger partial charge in [-0.15, -0.1) is 0 Å². The van der Waals surface area contributed by atoms with Crippen LogP contribution in [0.15, 0.2) is 36.5 Å². The van der Waals surface area contributed by atoms with Crippen molar-refractivity contribution in [2.24, 2.45) is 0 Å². The van der Waals surface area contributed by atoms with Crippen molar-refractivity contribution in [2.75, 3.05) is 0 Å². The zero-order valence-corrected chi connectivity index (χ0v) is 10.2. The van der Waals surface area contributed by atoms with E-state index in [2.05, 4.69) is 10.3 Å². The highest BCUT2D eigenvalue weighted by atomic mass is 16.1. The first kappa shape index (κ1) is 11.1. The van der Waals surface area contributed by atoms with Gasteiger partial charge >= 0.3 is 0 Å². The normalized spacial score (nSPS) is 13.4. The molecule has 0 saturated carbocycles. The van der Waals surface area contributed by atoms with Gasteiger partial charge < -0.3 is 5.32 Å². The van der Waals surface area contributed by atoms with E-state index in [1.54, 1.807) is 6.20 Å². The molecule has 90 valence electrons. The zero-order valence-electron chi connectivity index (χ0n) is 10.2. The second-order valence-electron chi connectivity index (χ2n) is 4.60. The van der Waals surface area contributed by atoms with Crippen LogP contribution in [0, 0.1) is 6.92 Å². The minimum Gasteiger partial charge on any atom is -0.309 e. The van der Waals surface area contributed by atoms with Crippen LogP contribution in [0.3, 0.4) is 0 Å². The predicted octanol–water partition coefficient (Wildman–Crippen LogP) is 2.22. The first-order chi connectivity index (χ1) is 8.74. The molecule has 3 nitrogen and oxygen atoms in total. The van der Waals surface area contributed by atoms with Gasteiger partial charge in [0, 0.05) is 36.1 Å². The SMILES string of the molecule is Cc1ccc(C(=O)c2ccc3c(c2)CNC3)cn1. The largest absolute Gasteiger partial charge is 0.309 e. The molecule has 1 aromatic carbocycles. The number of pyridine rings is 1. The molecule has 0 bridgehead atoms. The Hall–Kier alpha value is -2.00. The van der Waals surface area contributed by atoms with Crippen molar-refractivity contribution in [1.29, 1.82) is 0 Å². The van der Waals surface area contributed by atoms with E-state index in [1.165, 1.54) is 11.1 Å². The van der Waals surface area contributed by atoms with Crippen molar-refractivity contribution < 1.29 is 4.79 Å². The maximum absolute atomic E-state index is 12.3. The van der Waals surface area contributed by atoms with Gasteiger partial charge in [-0.05, 0) is 36.2 Å². The number of benzene rings is 1. The molecule has 0 atom stereocenters. The highest BCUT2D eigenvalue weighted by Crippen LogP contribution is 2.19. The Morgan fingerprint density at radius 3 is 2.67 bits per heavy atom. The van der Waals surface area contributed by atoms with Gasteiger partial charge in [0.2, 0.25) is 0 Å². The summed E-state index contributed by atoms with van der Waals surface area (Å²) in [4.78, 5) is 16.5. The van der Waals surface area contributed by atoms with E-state index >= 15 is 0 Å². The molecule has 18 heavy (non-hydrogen) atoms. The number of carbonyl (C=O) groups excluding carboxylic acids is 1. The fraction of sp³-hybridized carbons (Fsp3) is 0.200. The number of hydrogen-bond acceptors (Lipinski definition) is 3. The second kappa shape index (κ2) is 4.35. The van der Waals surface area contributed by atoms with Crippen LogP contribution in [0.1, 0.15) is 32.7 Å². The molecule has 3 rings (SSSR count). The van der Waals surface area contributed by atoms with Crippen molar-refractivity contribution in [2.45, 2.75) is 20.0 Å². The minimum atomic E-state index is 0.0391. The first-order valence-electron chi connectivity index (χ1n) is 6.04. The average molecular weight is 238 g/mol. The van der Waals surface area contributed by atoms with Gasteiger partial charge in [0.25, 0.3) is 0 Å². The van der Waals surface area contributed by atoms with E-state index in [4.69, 9.17) is 0 Å². The van der Waals surface area contributed by atoms with Crippen LogP contribution in [0.2, 0.25) is 0 Å².